The highest BCUT2D eigenvalue weighted by molar-refractivity contribution is 7.99. The number of carbonyl (C=O) groups excluding carboxylic acids is 2. The molecule has 3 aromatic rings. The zero-order valence-electron chi connectivity index (χ0n) is 19.1. The first-order valence-corrected chi connectivity index (χ1v) is 13.0. The van der Waals surface area contributed by atoms with Gasteiger partial charge in [-0.05, 0) is 55.7 Å². The van der Waals surface area contributed by atoms with Gasteiger partial charge in [0.25, 0.3) is 0 Å². The van der Waals surface area contributed by atoms with Crippen LogP contribution >= 0.6 is 11.8 Å². The van der Waals surface area contributed by atoms with E-state index in [9.17, 15) is 9.59 Å². The largest absolute Gasteiger partial charge is 0.461 e. The minimum Gasteiger partial charge on any atom is -0.461 e. The van der Waals surface area contributed by atoms with Gasteiger partial charge in [0, 0.05) is 42.6 Å². The molecule has 8 nitrogen and oxygen atoms in total. The molecule has 0 unspecified atom stereocenters. The van der Waals surface area contributed by atoms with E-state index < -0.39 is 0 Å². The Balaban J connectivity index is 1.18. The van der Waals surface area contributed by atoms with Gasteiger partial charge in [-0.15, -0.1) is 10.2 Å². The average Bonchev–Trinajstić information content (AvgIpc) is 3.61. The molecule has 3 heterocycles. The zero-order valence-corrected chi connectivity index (χ0v) is 19.9. The first-order valence-electron chi connectivity index (χ1n) is 12.0. The van der Waals surface area contributed by atoms with Crippen LogP contribution in [-0.4, -0.2) is 38.9 Å². The topological polar surface area (TPSA) is 93.3 Å². The van der Waals surface area contributed by atoms with Crippen molar-refractivity contribution >= 4 is 35.0 Å². The quantitative estimate of drug-likeness (QED) is 0.441. The van der Waals surface area contributed by atoms with Crippen molar-refractivity contribution in [3.63, 3.8) is 0 Å². The minimum absolute atomic E-state index is 0.0486. The highest BCUT2D eigenvalue weighted by Gasteiger charge is 2.25. The Kier molecular flexibility index (Phi) is 6.99. The first-order chi connectivity index (χ1) is 16.7. The third-order valence-corrected chi connectivity index (χ3v) is 7.39. The Bertz CT molecular complexity index is 1120. The molecule has 2 amide bonds. The summed E-state index contributed by atoms with van der Waals surface area (Å²) in [6.45, 7) is 0.759. The molecule has 5 rings (SSSR count). The summed E-state index contributed by atoms with van der Waals surface area (Å²) in [5.41, 5.74) is 1.61. The van der Waals surface area contributed by atoms with E-state index in [4.69, 9.17) is 4.42 Å². The van der Waals surface area contributed by atoms with Gasteiger partial charge in [-0.3, -0.25) is 14.2 Å². The van der Waals surface area contributed by atoms with Gasteiger partial charge in [-0.25, -0.2) is 0 Å². The van der Waals surface area contributed by atoms with Crippen molar-refractivity contribution in [2.24, 2.45) is 0 Å². The van der Waals surface area contributed by atoms with Gasteiger partial charge in [0.2, 0.25) is 17.6 Å². The molecule has 1 saturated carbocycles. The molecular formula is C25H29N5O3S. The summed E-state index contributed by atoms with van der Waals surface area (Å²) < 4.78 is 7.81. The van der Waals surface area contributed by atoms with Crippen LogP contribution < -0.4 is 10.2 Å². The van der Waals surface area contributed by atoms with Gasteiger partial charge in [0.05, 0.1) is 6.26 Å². The predicted octanol–water partition coefficient (Wildman–Crippen LogP) is 5.29. The molecular weight excluding hydrogens is 450 g/mol. The van der Waals surface area contributed by atoms with Crippen molar-refractivity contribution in [2.45, 2.75) is 62.6 Å². The highest BCUT2D eigenvalue weighted by atomic mass is 32.2. The maximum Gasteiger partial charge on any atom is 0.227 e. The first kappa shape index (κ1) is 22.7. The fourth-order valence-corrected chi connectivity index (χ4v) is 5.67. The van der Waals surface area contributed by atoms with Crippen molar-refractivity contribution in [3.8, 4) is 11.6 Å². The summed E-state index contributed by atoms with van der Waals surface area (Å²) in [5, 5.41) is 12.6. The lowest BCUT2D eigenvalue weighted by atomic mass is 9.95. The minimum atomic E-state index is -0.0486. The molecule has 2 fully saturated rings. The molecule has 2 aliphatic rings. The van der Waals surface area contributed by atoms with Crippen molar-refractivity contribution in [1.29, 1.82) is 0 Å². The van der Waals surface area contributed by atoms with E-state index in [0.29, 0.717) is 24.6 Å². The van der Waals surface area contributed by atoms with E-state index in [1.807, 2.05) is 36.4 Å². The zero-order chi connectivity index (χ0) is 23.3. The predicted molar refractivity (Wildman–Crippen MR) is 132 cm³/mol. The van der Waals surface area contributed by atoms with Crippen LogP contribution in [0.15, 0.2) is 52.2 Å². The second-order valence-corrected chi connectivity index (χ2v) is 9.85. The molecule has 1 aliphatic carbocycles. The van der Waals surface area contributed by atoms with E-state index >= 15 is 0 Å². The number of hydrogen-bond donors (Lipinski definition) is 1. The number of anilines is 2. The van der Waals surface area contributed by atoms with Crippen molar-refractivity contribution in [2.75, 3.05) is 22.5 Å². The monoisotopic (exact) mass is 479 g/mol. The van der Waals surface area contributed by atoms with Crippen LogP contribution in [0.5, 0.6) is 0 Å². The standard InChI is InChI=1S/C25H29N5O3S/c31-22(26-18-10-12-19(13-11-18)29-15-4-9-23(29)32)14-17-34-25-28-27-24(21-8-5-16-33-21)30(25)20-6-2-1-3-7-20/h5,8,10-13,16,20H,1-4,6-7,9,14-15,17H2,(H,26,31). The smallest absolute Gasteiger partial charge is 0.227 e. The van der Waals surface area contributed by atoms with Gasteiger partial charge < -0.3 is 14.6 Å². The summed E-state index contributed by atoms with van der Waals surface area (Å²) in [5.74, 6) is 2.20. The Hall–Kier alpha value is -3.07. The molecule has 1 saturated heterocycles. The number of carbonyl (C=O) groups is 2. The van der Waals surface area contributed by atoms with Crippen LogP contribution in [0, 0.1) is 0 Å². The number of nitrogens with one attached hydrogen (secondary N) is 1. The molecule has 0 spiro atoms. The summed E-state index contributed by atoms with van der Waals surface area (Å²) >= 11 is 1.56. The Labute approximate surface area is 203 Å². The molecule has 1 aliphatic heterocycles. The van der Waals surface area contributed by atoms with Crippen molar-refractivity contribution in [3.05, 3.63) is 42.7 Å². The van der Waals surface area contributed by atoms with E-state index in [2.05, 4.69) is 20.1 Å². The van der Waals surface area contributed by atoms with Crippen molar-refractivity contribution < 1.29 is 14.0 Å². The fraction of sp³-hybridized carbons (Fsp3) is 0.440. The molecule has 1 N–H and O–H groups in total. The number of benzene rings is 1. The van der Waals surface area contributed by atoms with E-state index in [0.717, 1.165) is 53.9 Å². The van der Waals surface area contributed by atoms with Crippen LogP contribution in [0.3, 0.4) is 0 Å². The van der Waals surface area contributed by atoms with Gasteiger partial charge in [0.1, 0.15) is 0 Å². The molecule has 34 heavy (non-hydrogen) atoms. The number of nitrogens with zero attached hydrogens (tertiary/aromatic N) is 4. The van der Waals surface area contributed by atoms with Crippen LogP contribution in [0.25, 0.3) is 11.6 Å². The normalized spacial score (nSPS) is 16.8. The van der Waals surface area contributed by atoms with Gasteiger partial charge in [-0.2, -0.15) is 0 Å². The van der Waals surface area contributed by atoms with E-state index in [-0.39, 0.29) is 11.8 Å². The molecule has 178 valence electrons. The van der Waals surface area contributed by atoms with Crippen LogP contribution in [0.2, 0.25) is 0 Å². The molecule has 9 heteroatoms. The lowest BCUT2D eigenvalue weighted by molar-refractivity contribution is -0.117. The van der Waals surface area contributed by atoms with Crippen molar-refractivity contribution in [1.82, 2.24) is 14.8 Å². The number of hydrogen-bond acceptors (Lipinski definition) is 6. The lowest BCUT2D eigenvalue weighted by Gasteiger charge is -2.25. The third-order valence-electron chi connectivity index (χ3n) is 6.44. The number of thioether (sulfide) groups is 1. The summed E-state index contributed by atoms with van der Waals surface area (Å²) in [6.07, 6.45) is 9.42. The second kappa shape index (κ2) is 10.5. The molecule has 0 bridgehead atoms. The number of aromatic nitrogens is 3. The fourth-order valence-electron chi connectivity index (χ4n) is 4.72. The van der Waals surface area contributed by atoms with Gasteiger partial charge in [0.15, 0.2) is 10.9 Å². The summed E-state index contributed by atoms with van der Waals surface area (Å²) in [6, 6.07) is 11.6. The number of rotatable bonds is 8. The van der Waals surface area contributed by atoms with E-state index in [1.165, 1.54) is 19.3 Å². The highest BCUT2D eigenvalue weighted by Crippen LogP contribution is 2.35. The number of furan rings is 1. The maximum atomic E-state index is 12.5. The van der Waals surface area contributed by atoms with Gasteiger partial charge in [-0.1, -0.05) is 31.0 Å². The van der Waals surface area contributed by atoms with Gasteiger partial charge >= 0.3 is 0 Å². The Morgan fingerprint density at radius 2 is 1.91 bits per heavy atom. The average molecular weight is 480 g/mol. The Morgan fingerprint density at radius 3 is 2.62 bits per heavy atom. The van der Waals surface area contributed by atoms with E-state index in [1.54, 1.807) is 22.9 Å². The number of amides is 2. The lowest BCUT2D eigenvalue weighted by Crippen LogP contribution is -2.23. The van der Waals surface area contributed by atoms with Crippen LogP contribution in [0.4, 0.5) is 11.4 Å². The SMILES string of the molecule is O=C(CCSc1nnc(-c2ccco2)n1C1CCCCC1)Nc1ccc(N2CCCC2=O)cc1. The maximum absolute atomic E-state index is 12.5. The molecule has 2 aromatic heterocycles. The molecule has 1 aromatic carbocycles. The second-order valence-electron chi connectivity index (χ2n) is 8.79. The third kappa shape index (κ3) is 5.04. The summed E-state index contributed by atoms with van der Waals surface area (Å²) in [7, 11) is 0. The van der Waals surface area contributed by atoms with Crippen LogP contribution in [-0.2, 0) is 9.59 Å². The summed E-state index contributed by atoms with van der Waals surface area (Å²) in [4.78, 5) is 26.2. The molecule has 0 atom stereocenters. The molecule has 0 radical (unpaired) electrons. The Morgan fingerprint density at radius 1 is 1.09 bits per heavy atom. The van der Waals surface area contributed by atoms with Crippen LogP contribution in [0.1, 0.15) is 57.4 Å².